The van der Waals surface area contributed by atoms with E-state index in [1.54, 1.807) is 0 Å². The highest BCUT2D eigenvalue weighted by molar-refractivity contribution is 5.96. The van der Waals surface area contributed by atoms with Gasteiger partial charge in [-0.2, -0.15) is 0 Å². The quantitative estimate of drug-likeness (QED) is 0.868. The van der Waals surface area contributed by atoms with Crippen molar-refractivity contribution in [2.45, 2.75) is 26.3 Å². The largest absolute Gasteiger partial charge is 0.451 e. The maximum absolute atomic E-state index is 12.5. The van der Waals surface area contributed by atoms with Gasteiger partial charge in [0, 0.05) is 24.5 Å². The number of aryl methyl sites for hydroxylation is 1. The molecule has 0 spiro atoms. The SMILES string of the molecule is Cc1ccc2oc(C(=O)N3CC(C)CC(N)C3)cc2c1. The molecular weight excluding hydrogens is 252 g/mol. The number of fused-ring (bicyclic) bond motifs is 1. The third-order valence-electron chi connectivity index (χ3n) is 3.86. The van der Waals surface area contributed by atoms with Gasteiger partial charge in [0.15, 0.2) is 5.76 Å². The second-order valence-corrected chi connectivity index (χ2v) is 5.96. The third kappa shape index (κ3) is 2.43. The van der Waals surface area contributed by atoms with Gasteiger partial charge in [-0.25, -0.2) is 0 Å². The summed E-state index contributed by atoms with van der Waals surface area (Å²) in [6.07, 6.45) is 0.975. The fraction of sp³-hybridized carbons (Fsp3) is 0.438. The molecule has 4 nitrogen and oxygen atoms in total. The van der Waals surface area contributed by atoms with Crippen molar-refractivity contribution in [1.29, 1.82) is 0 Å². The zero-order chi connectivity index (χ0) is 14.3. The molecule has 1 saturated heterocycles. The molecule has 0 aliphatic carbocycles. The smallest absolute Gasteiger partial charge is 0.289 e. The second-order valence-electron chi connectivity index (χ2n) is 5.96. The molecule has 2 aromatic rings. The Kier molecular flexibility index (Phi) is 3.26. The van der Waals surface area contributed by atoms with E-state index in [0.717, 1.165) is 29.5 Å². The van der Waals surface area contributed by atoms with Gasteiger partial charge in [0.1, 0.15) is 5.58 Å². The zero-order valence-electron chi connectivity index (χ0n) is 11.9. The number of likely N-dealkylation sites (tertiary alicyclic amines) is 1. The molecule has 2 N–H and O–H groups in total. The maximum atomic E-state index is 12.5. The molecule has 3 rings (SSSR count). The van der Waals surface area contributed by atoms with Crippen molar-refractivity contribution in [3.63, 3.8) is 0 Å². The van der Waals surface area contributed by atoms with Crippen molar-refractivity contribution in [3.8, 4) is 0 Å². The fourth-order valence-electron chi connectivity index (χ4n) is 2.99. The summed E-state index contributed by atoms with van der Waals surface area (Å²) in [7, 11) is 0. The van der Waals surface area contributed by atoms with Gasteiger partial charge in [-0.3, -0.25) is 4.79 Å². The van der Waals surface area contributed by atoms with E-state index in [1.807, 2.05) is 36.1 Å². The summed E-state index contributed by atoms with van der Waals surface area (Å²) in [6.45, 7) is 5.52. The predicted molar refractivity (Wildman–Crippen MR) is 78.6 cm³/mol. The number of carbonyl (C=O) groups excluding carboxylic acids is 1. The lowest BCUT2D eigenvalue weighted by atomic mass is 9.96. The lowest BCUT2D eigenvalue weighted by Crippen LogP contribution is -2.48. The summed E-state index contributed by atoms with van der Waals surface area (Å²) in [4.78, 5) is 14.3. The minimum atomic E-state index is -0.0548. The van der Waals surface area contributed by atoms with Crippen LogP contribution in [0.5, 0.6) is 0 Å². The predicted octanol–water partition coefficient (Wildman–Crippen LogP) is 2.55. The number of piperidine rings is 1. The van der Waals surface area contributed by atoms with Gasteiger partial charge in [-0.15, -0.1) is 0 Å². The van der Waals surface area contributed by atoms with Crippen molar-refractivity contribution < 1.29 is 9.21 Å². The minimum Gasteiger partial charge on any atom is -0.451 e. The number of hydrogen-bond acceptors (Lipinski definition) is 3. The average Bonchev–Trinajstić information content (AvgIpc) is 2.79. The number of rotatable bonds is 1. The van der Waals surface area contributed by atoms with Gasteiger partial charge < -0.3 is 15.1 Å². The van der Waals surface area contributed by atoms with Gasteiger partial charge >= 0.3 is 0 Å². The van der Waals surface area contributed by atoms with Crippen LogP contribution in [-0.4, -0.2) is 29.9 Å². The Morgan fingerprint density at radius 1 is 1.35 bits per heavy atom. The summed E-state index contributed by atoms with van der Waals surface area (Å²) in [5, 5.41) is 0.975. The number of carbonyl (C=O) groups is 1. The van der Waals surface area contributed by atoms with Crippen molar-refractivity contribution >= 4 is 16.9 Å². The van der Waals surface area contributed by atoms with Crippen molar-refractivity contribution in [3.05, 3.63) is 35.6 Å². The monoisotopic (exact) mass is 272 g/mol. The molecule has 1 aliphatic heterocycles. The van der Waals surface area contributed by atoms with Crippen LogP contribution in [0.25, 0.3) is 11.0 Å². The van der Waals surface area contributed by atoms with Crippen LogP contribution in [-0.2, 0) is 0 Å². The summed E-state index contributed by atoms with van der Waals surface area (Å²) in [5.41, 5.74) is 7.92. The Labute approximate surface area is 118 Å². The lowest BCUT2D eigenvalue weighted by Gasteiger charge is -2.34. The molecule has 4 heteroatoms. The van der Waals surface area contributed by atoms with Crippen molar-refractivity contribution in [1.82, 2.24) is 4.90 Å². The molecule has 1 fully saturated rings. The van der Waals surface area contributed by atoms with Gasteiger partial charge in [0.25, 0.3) is 5.91 Å². The molecule has 106 valence electrons. The van der Waals surface area contributed by atoms with Crippen molar-refractivity contribution in [2.24, 2.45) is 11.7 Å². The normalized spacial score (nSPS) is 23.2. The minimum absolute atomic E-state index is 0.0548. The van der Waals surface area contributed by atoms with Crippen LogP contribution in [0.3, 0.4) is 0 Å². The van der Waals surface area contributed by atoms with E-state index in [0.29, 0.717) is 18.2 Å². The van der Waals surface area contributed by atoms with E-state index in [-0.39, 0.29) is 11.9 Å². The van der Waals surface area contributed by atoms with Crippen LogP contribution < -0.4 is 5.73 Å². The van der Waals surface area contributed by atoms with Crippen LogP contribution in [0.15, 0.2) is 28.7 Å². The van der Waals surface area contributed by atoms with E-state index in [2.05, 4.69) is 6.92 Å². The summed E-state index contributed by atoms with van der Waals surface area (Å²) in [6, 6.07) is 7.81. The summed E-state index contributed by atoms with van der Waals surface area (Å²) in [5.74, 6) is 0.794. The van der Waals surface area contributed by atoms with E-state index in [1.165, 1.54) is 0 Å². The Bertz CT molecular complexity index is 637. The molecular formula is C16H20N2O2. The molecule has 1 aromatic heterocycles. The second kappa shape index (κ2) is 4.94. The Morgan fingerprint density at radius 2 is 2.15 bits per heavy atom. The van der Waals surface area contributed by atoms with Crippen LogP contribution in [0.4, 0.5) is 0 Å². The number of hydrogen-bond donors (Lipinski definition) is 1. The Morgan fingerprint density at radius 3 is 2.90 bits per heavy atom. The molecule has 2 unspecified atom stereocenters. The van der Waals surface area contributed by atoms with E-state index >= 15 is 0 Å². The highest BCUT2D eigenvalue weighted by atomic mass is 16.3. The number of nitrogens with two attached hydrogens (primary N) is 1. The van der Waals surface area contributed by atoms with Crippen LogP contribution in [0.2, 0.25) is 0 Å². The molecule has 1 aromatic carbocycles. The first-order chi connectivity index (χ1) is 9.52. The number of amides is 1. The molecule has 1 aliphatic rings. The van der Waals surface area contributed by atoms with E-state index in [4.69, 9.17) is 10.2 Å². The molecule has 0 bridgehead atoms. The number of furan rings is 1. The molecule has 0 radical (unpaired) electrons. The van der Waals surface area contributed by atoms with Crippen LogP contribution in [0, 0.1) is 12.8 Å². The van der Waals surface area contributed by atoms with Gasteiger partial charge in [0.2, 0.25) is 0 Å². The fourth-order valence-corrected chi connectivity index (χ4v) is 2.99. The number of nitrogens with zero attached hydrogens (tertiary/aromatic N) is 1. The lowest BCUT2D eigenvalue weighted by molar-refractivity contribution is 0.0631. The summed E-state index contributed by atoms with van der Waals surface area (Å²) >= 11 is 0. The molecule has 20 heavy (non-hydrogen) atoms. The Hall–Kier alpha value is -1.81. The van der Waals surface area contributed by atoms with E-state index < -0.39 is 0 Å². The topological polar surface area (TPSA) is 59.5 Å². The van der Waals surface area contributed by atoms with E-state index in [9.17, 15) is 4.79 Å². The highest BCUT2D eigenvalue weighted by Gasteiger charge is 2.28. The van der Waals surface area contributed by atoms with Gasteiger partial charge in [-0.1, -0.05) is 18.6 Å². The number of benzene rings is 1. The maximum Gasteiger partial charge on any atom is 0.289 e. The molecule has 2 heterocycles. The first kappa shape index (κ1) is 13.2. The van der Waals surface area contributed by atoms with Gasteiger partial charge in [-0.05, 0) is 37.5 Å². The van der Waals surface area contributed by atoms with Gasteiger partial charge in [0.05, 0.1) is 0 Å². The zero-order valence-corrected chi connectivity index (χ0v) is 11.9. The average molecular weight is 272 g/mol. The third-order valence-corrected chi connectivity index (χ3v) is 3.86. The van der Waals surface area contributed by atoms with Crippen LogP contribution in [0.1, 0.15) is 29.5 Å². The van der Waals surface area contributed by atoms with Crippen LogP contribution >= 0.6 is 0 Å². The standard InChI is InChI=1S/C16H20N2O2/c1-10-3-4-14-12(5-10)7-15(20-14)16(19)18-8-11(2)6-13(17)9-18/h3-5,7,11,13H,6,8-9,17H2,1-2H3. The molecule has 1 amide bonds. The first-order valence-corrected chi connectivity index (χ1v) is 7.08. The first-order valence-electron chi connectivity index (χ1n) is 7.08. The Balaban J connectivity index is 1.88. The van der Waals surface area contributed by atoms with Crippen molar-refractivity contribution in [2.75, 3.05) is 13.1 Å². The summed E-state index contributed by atoms with van der Waals surface area (Å²) < 4.78 is 5.68. The molecule has 0 saturated carbocycles. The highest BCUT2D eigenvalue weighted by Crippen LogP contribution is 2.23. The molecule has 2 atom stereocenters.